The highest BCUT2D eigenvalue weighted by molar-refractivity contribution is 6.32. The number of fused-ring (bicyclic) bond motifs is 1. The predicted octanol–water partition coefficient (Wildman–Crippen LogP) is 4.01. The number of amides is 1. The van der Waals surface area contributed by atoms with Crippen LogP contribution in [0.4, 0.5) is 17.5 Å². The zero-order valence-electron chi connectivity index (χ0n) is 19.3. The summed E-state index contributed by atoms with van der Waals surface area (Å²) in [5, 5.41) is 7.24. The van der Waals surface area contributed by atoms with Gasteiger partial charge in [0, 0.05) is 35.9 Å². The van der Waals surface area contributed by atoms with E-state index < -0.39 is 6.04 Å². The van der Waals surface area contributed by atoms with Crippen LogP contribution in [0.15, 0.2) is 54.6 Å². The Morgan fingerprint density at radius 2 is 2.00 bits per heavy atom. The number of pyridine rings is 1. The van der Waals surface area contributed by atoms with E-state index in [1.54, 1.807) is 43.5 Å². The lowest BCUT2D eigenvalue weighted by molar-refractivity contribution is -0.117. The van der Waals surface area contributed by atoms with Gasteiger partial charge in [-0.15, -0.1) is 0 Å². The summed E-state index contributed by atoms with van der Waals surface area (Å²) in [6.07, 6.45) is 0. The van der Waals surface area contributed by atoms with E-state index in [1.165, 1.54) is 0 Å². The lowest BCUT2D eigenvalue weighted by atomic mass is 10.1. The van der Waals surface area contributed by atoms with Crippen LogP contribution < -0.4 is 26.0 Å². The lowest BCUT2D eigenvalue weighted by Gasteiger charge is -2.36. The van der Waals surface area contributed by atoms with Crippen LogP contribution in [-0.4, -0.2) is 53.6 Å². The van der Waals surface area contributed by atoms with Crippen LogP contribution in [0.5, 0.6) is 5.75 Å². The lowest BCUT2D eigenvalue weighted by Crippen LogP contribution is -2.57. The van der Waals surface area contributed by atoms with Crippen molar-refractivity contribution < 1.29 is 9.53 Å². The zero-order chi connectivity index (χ0) is 25.2. The van der Waals surface area contributed by atoms with Crippen LogP contribution in [0.3, 0.4) is 0 Å². The van der Waals surface area contributed by atoms with Crippen LogP contribution in [0.2, 0.25) is 10.0 Å². The van der Waals surface area contributed by atoms with Gasteiger partial charge in [0.1, 0.15) is 17.3 Å². The van der Waals surface area contributed by atoms with Gasteiger partial charge in [0.15, 0.2) is 5.82 Å². The summed E-state index contributed by atoms with van der Waals surface area (Å²) >= 11 is 12.4. The number of nitrogen functional groups attached to an aromatic ring is 1. The van der Waals surface area contributed by atoms with E-state index in [4.69, 9.17) is 38.7 Å². The normalized spacial score (nSPS) is 15.6. The summed E-state index contributed by atoms with van der Waals surface area (Å²) in [5.41, 5.74) is 9.27. The van der Waals surface area contributed by atoms with Gasteiger partial charge in [0.05, 0.1) is 23.3 Å². The number of nitrogens with two attached hydrogens (primary N) is 1. The van der Waals surface area contributed by atoms with Crippen LogP contribution in [-0.2, 0) is 4.79 Å². The molecule has 1 unspecified atom stereocenters. The minimum Gasteiger partial charge on any atom is -0.495 e. The van der Waals surface area contributed by atoms with Crippen molar-refractivity contribution in [3.8, 4) is 17.0 Å². The SMILES string of the molecule is COc1ccc(-c2ccc3nc(N)nc(N4CCNCC4C(=O)Nc4cccc(Cl)c4)c3n2)cc1Cl. The van der Waals surface area contributed by atoms with Gasteiger partial charge in [-0.2, -0.15) is 4.98 Å². The summed E-state index contributed by atoms with van der Waals surface area (Å²) in [6.45, 7) is 1.62. The van der Waals surface area contributed by atoms with E-state index in [9.17, 15) is 4.79 Å². The molecule has 11 heteroatoms. The number of anilines is 3. The number of nitrogens with zero attached hydrogens (tertiary/aromatic N) is 4. The van der Waals surface area contributed by atoms with Crippen LogP contribution in [0.1, 0.15) is 0 Å². The fourth-order valence-electron chi connectivity index (χ4n) is 4.19. The molecule has 1 saturated heterocycles. The van der Waals surface area contributed by atoms with Gasteiger partial charge in [-0.1, -0.05) is 29.3 Å². The Labute approximate surface area is 217 Å². The number of benzene rings is 2. The molecule has 2 aromatic carbocycles. The van der Waals surface area contributed by atoms with Crippen molar-refractivity contribution in [2.24, 2.45) is 0 Å². The van der Waals surface area contributed by atoms with Crippen molar-refractivity contribution in [3.63, 3.8) is 0 Å². The highest BCUT2D eigenvalue weighted by Crippen LogP contribution is 2.32. The van der Waals surface area contributed by atoms with Crippen molar-refractivity contribution in [1.29, 1.82) is 0 Å². The minimum absolute atomic E-state index is 0.104. The number of carbonyl (C=O) groups is 1. The molecule has 4 N–H and O–H groups in total. The third-order valence-corrected chi connectivity index (χ3v) is 6.43. The second-order valence-corrected chi connectivity index (χ2v) is 9.08. The molecule has 0 bridgehead atoms. The molecular weight excluding hydrogens is 501 g/mol. The van der Waals surface area contributed by atoms with Crippen LogP contribution >= 0.6 is 23.2 Å². The number of ether oxygens (including phenoxy) is 1. The smallest absolute Gasteiger partial charge is 0.248 e. The van der Waals surface area contributed by atoms with E-state index in [0.717, 1.165) is 5.56 Å². The fourth-order valence-corrected chi connectivity index (χ4v) is 4.64. The number of hydrogen-bond acceptors (Lipinski definition) is 8. The molecule has 1 atom stereocenters. The molecular formula is C25H23Cl2N7O2. The molecule has 184 valence electrons. The van der Waals surface area contributed by atoms with E-state index in [-0.39, 0.29) is 11.9 Å². The number of hydrogen-bond donors (Lipinski definition) is 3. The number of halogens is 2. The summed E-state index contributed by atoms with van der Waals surface area (Å²) in [5.74, 6) is 0.971. The molecule has 0 saturated carbocycles. The summed E-state index contributed by atoms with van der Waals surface area (Å²) in [7, 11) is 1.57. The highest BCUT2D eigenvalue weighted by atomic mass is 35.5. The topological polar surface area (TPSA) is 118 Å². The molecule has 1 fully saturated rings. The average Bonchev–Trinajstić information content (AvgIpc) is 2.88. The number of aromatic nitrogens is 3. The van der Waals surface area contributed by atoms with Crippen molar-refractivity contribution in [3.05, 3.63) is 64.6 Å². The predicted molar refractivity (Wildman–Crippen MR) is 143 cm³/mol. The first-order valence-corrected chi connectivity index (χ1v) is 12.0. The third-order valence-electron chi connectivity index (χ3n) is 5.90. The first kappa shape index (κ1) is 24.1. The third kappa shape index (κ3) is 4.86. The summed E-state index contributed by atoms with van der Waals surface area (Å²) in [4.78, 5) is 29.0. The fraction of sp³-hybridized carbons (Fsp3) is 0.200. The van der Waals surface area contributed by atoms with E-state index in [1.807, 2.05) is 23.1 Å². The van der Waals surface area contributed by atoms with Gasteiger partial charge < -0.3 is 26.0 Å². The highest BCUT2D eigenvalue weighted by Gasteiger charge is 2.32. The van der Waals surface area contributed by atoms with Gasteiger partial charge in [-0.3, -0.25) is 4.79 Å². The Hall–Kier alpha value is -3.66. The molecule has 2 aromatic heterocycles. The first-order chi connectivity index (χ1) is 17.4. The number of piperazine rings is 1. The van der Waals surface area contributed by atoms with Gasteiger partial charge in [0.25, 0.3) is 0 Å². The molecule has 1 aliphatic rings. The number of nitrogens with one attached hydrogen (secondary N) is 2. The number of carbonyl (C=O) groups excluding carboxylic acids is 1. The second-order valence-electron chi connectivity index (χ2n) is 8.23. The molecule has 3 heterocycles. The summed E-state index contributed by atoms with van der Waals surface area (Å²) < 4.78 is 5.26. The zero-order valence-corrected chi connectivity index (χ0v) is 20.8. The van der Waals surface area contributed by atoms with Gasteiger partial charge in [-0.25, -0.2) is 9.97 Å². The van der Waals surface area contributed by atoms with Crippen molar-refractivity contribution in [2.75, 3.05) is 42.7 Å². The second kappa shape index (κ2) is 10.1. The van der Waals surface area contributed by atoms with Crippen molar-refractivity contribution >= 4 is 57.6 Å². The van der Waals surface area contributed by atoms with Crippen LogP contribution in [0, 0.1) is 0 Å². The maximum atomic E-state index is 13.3. The quantitative estimate of drug-likeness (QED) is 0.359. The minimum atomic E-state index is -0.559. The first-order valence-electron chi connectivity index (χ1n) is 11.2. The Morgan fingerprint density at radius 1 is 1.14 bits per heavy atom. The average molecular weight is 524 g/mol. The van der Waals surface area contributed by atoms with Crippen molar-refractivity contribution in [1.82, 2.24) is 20.3 Å². The molecule has 0 aliphatic carbocycles. The molecule has 0 radical (unpaired) electrons. The Kier molecular flexibility index (Phi) is 6.77. The maximum Gasteiger partial charge on any atom is 0.248 e. The monoisotopic (exact) mass is 523 g/mol. The van der Waals surface area contributed by atoms with Gasteiger partial charge in [0.2, 0.25) is 11.9 Å². The Bertz CT molecular complexity index is 1450. The van der Waals surface area contributed by atoms with E-state index in [0.29, 0.717) is 63.7 Å². The standard InChI is InChI=1S/C25H23Cl2N7O2/c1-36-21-8-5-14(11-17(21)27)18-6-7-19-22(31-18)23(33-25(28)32-19)34-10-9-29-13-20(34)24(35)30-16-4-2-3-15(26)12-16/h2-8,11-12,20,29H,9-10,13H2,1H3,(H,30,35)(H2,28,32,33). The van der Waals surface area contributed by atoms with E-state index in [2.05, 4.69) is 20.6 Å². The maximum absolute atomic E-state index is 13.3. The molecule has 36 heavy (non-hydrogen) atoms. The molecule has 1 amide bonds. The van der Waals surface area contributed by atoms with E-state index >= 15 is 0 Å². The molecule has 5 rings (SSSR count). The molecule has 1 aliphatic heterocycles. The van der Waals surface area contributed by atoms with Crippen LogP contribution in [0.25, 0.3) is 22.3 Å². The van der Waals surface area contributed by atoms with Gasteiger partial charge >= 0.3 is 0 Å². The molecule has 0 spiro atoms. The number of methoxy groups -OCH3 is 1. The molecule has 9 nitrogen and oxygen atoms in total. The molecule has 4 aromatic rings. The largest absolute Gasteiger partial charge is 0.495 e. The number of rotatable bonds is 5. The van der Waals surface area contributed by atoms with Gasteiger partial charge in [-0.05, 0) is 48.5 Å². The van der Waals surface area contributed by atoms with Crippen molar-refractivity contribution in [2.45, 2.75) is 6.04 Å². The Morgan fingerprint density at radius 3 is 2.78 bits per heavy atom. The summed E-state index contributed by atoms with van der Waals surface area (Å²) in [6, 6.07) is 15.6. The Balaban J connectivity index is 1.54.